The summed E-state index contributed by atoms with van der Waals surface area (Å²) in [6.45, 7) is 4.59. The van der Waals surface area contributed by atoms with Gasteiger partial charge in [-0.2, -0.15) is 0 Å². The SMILES string of the molecule is COCC(C)CNCC(O)C1CC1. The zero-order valence-corrected chi connectivity index (χ0v) is 8.62. The third kappa shape index (κ3) is 4.60. The normalized spacial score (nSPS) is 21.5. The van der Waals surface area contributed by atoms with Crippen molar-refractivity contribution in [3.63, 3.8) is 0 Å². The summed E-state index contributed by atoms with van der Waals surface area (Å²) in [6.07, 6.45) is 2.28. The lowest BCUT2D eigenvalue weighted by molar-refractivity contribution is 0.136. The molecule has 0 aliphatic heterocycles. The summed E-state index contributed by atoms with van der Waals surface area (Å²) < 4.78 is 5.02. The second-order valence-electron chi connectivity index (χ2n) is 4.12. The predicted octanol–water partition coefficient (Wildman–Crippen LogP) is 0.629. The Balaban J connectivity index is 1.92. The van der Waals surface area contributed by atoms with Crippen molar-refractivity contribution in [1.29, 1.82) is 0 Å². The van der Waals surface area contributed by atoms with Crippen LogP contribution in [-0.4, -0.2) is 38.0 Å². The standard InChI is InChI=1S/C10H21NO2/c1-8(7-13-2)5-11-6-10(12)9-3-4-9/h8-12H,3-7H2,1-2H3. The van der Waals surface area contributed by atoms with E-state index in [4.69, 9.17) is 4.74 Å². The van der Waals surface area contributed by atoms with E-state index < -0.39 is 0 Å². The van der Waals surface area contributed by atoms with E-state index in [1.165, 1.54) is 12.8 Å². The van der Waals surface area contributed by atoms with Crippen LogP contribution in [0.5, 0.6) is 0 Å². The van der Waals surface area contributed by atoms with Gasteiger partial charge in [-0.25, -0.2) is 0 Å². The number of aliphatic hydroxyl groups excluding tert-OH is 1. The summed E-state index contributed by atoms with van der Waals surface area (Å²) in [5, 5.41) is 12.8. The molecule has 1 aliphatic rings. The predicted molar refractivity (Wildman–Crippen MR) is 52.6 cm³/mol. The Morgan fingerprint density at radius 2 is 2.15 bits per heavy atom. The van der Waals surface area contributed by atoms with Crippen LogP contribution in [0.4, 0.5) is 0 Å². The van der Waals surface area contributed by atoms with E-state index in [0.717, 1.165) is 19.7 Å². The molecule has 0 aromatic rings. The molecule has 78 valence electrons. The molecule has 2 N–H and O–H groups in total. The van der Waals surface area contributed by atoms with Crippen LogP contribution in [0.2, 0.25) is 0 Å². The fourth-order valence-electron chi connectivity index (χ4n) is 1.47. The fourth-order valence-corrected chi connectivity index (χ4v) is 1.47. The highest BCUT2D eigenvalue weighted by Crippen LogP contribution is 2.32. The Morgan fingerprint density at radius 3 is 2.69 bits per heavy atom. The largest absolute Gasteiger partial charge is 0.392 e. The summed E-state index contributed by atoms with van der Waals surface area (Å²) >= 11 is 0. The molecule has 3 heteroatoms. The molecule has 0 amide bonds. The zero-order valence-electron chi connectivity index (χ0n) is 8.62. The van der Waals surface area contributed by atoms with Gasteiger partial charge in [-0.15, -0.1) is 0 Å². The van der Waals surface area contributed by atoms with Crippen molar-refractivity contribution in [2.24, 2.45) is 11.8 Å². The molecule has 2 atom stereocenters. The van der Waals surface area contributed by atoms with Crippen molar-refractivity contribution in [1.82, 2.24) is 5.32 Å². The molecule has 0 radical (unpaired) electrons. The number of methoxy groups -OCH3 is 1. The van der Waals surface area contributed by atoms with Gasteiger partial charge in [-0.3, -0.25) is 0 Å². The zero-order chi connectivity index (χ0) is 9.68. The Labute approximate surface area is 80.5 Å². The lowest BCUT2D eigenvalue weighted by Gasteiger charge is -2.14. The first-order valence-electron chi connectivity index (χ1n) is 5.11. The molecule has 1 rings (SSSR count). The first-order chi connectivity index (χ1) is 6.24. The second kappa shape index (κ2) is 5.58. The number of aliphatic hydroxyl groups is 1. The molecule has 0 saturated heterocycles. The second-order valence-corrected chi connectivity index (χ2v) is 4.12. The Bertz CT molecular complexity index is 137. The average Bonchev–Trinajstić information content (AvgIpc) is 2.86. The van der Waals surface area contributed by atoms with Crippen molar-refractivity contribution in [2.45, 2.75) is 25.9 Å². The first-order valence-corrected chi connectivity index (χ1v) is 5.11. The topological polar surface area (TPSA) is 41.5 Å². The minimum atomic E-state index is -0.130. The van der Waals surface area contributed by atoms with E-state index in [9.17, 15) is 5.11 Å². The molecule has 0 bridgehead atoms. The van der Waals surface area contributed by atoms with Crippen molar-refractivity contribution in [2.75, 3.05) is 26.8 Å². The molecule has 1 aliphatic carbocycles. The highest BCUT2D eigenvalue weighted by atomic mass is 16.5. The number of nitrogens with one attached hydrogen (secondary N) is 1. The van der Waals surface area contributed by atoms with Gasteiger partial charge in [-0.1, -0.05) is 6.92 Å². The Morgan fingerprint density at radius 1 is 1.46 bits per heavy atom. The van der Waals surface area contributed by atoms with E-state index in [0.29, 0.717) is 11.8 Å². The maximum absolute atomic E-state index is 9.54. The summed E-state index contributed by atoms with van der Waals surface area (Å²) in [4.78, 5) is 0. The van der Waals surface area contributed by atoms with Crippen LogP contribution < -0.4 is 5.32 Å². The third-order valence-electron chi connectivity index (χ3n) is 2.46. The highest BCUT2D eigenvalue weighted by Gasteiger charge is 2.29. The highest BCUT2D eigenvalue weighted by molar-refractivity contribution is 4.82. The van der Waals surface area contributed by atoms with E-state index in [1.54, 1.807) is 7.11 Å². The number of rotatable bonds is 7. The molecule has 13 heavy (non-hydrogen) atoms. The molecule has 3 nitrogen and oxygen atoms in total. The van der Waals surface area contributed by atoms with Crippen LogP contribution in [0.3, 0.4) is 0 Å². The van der Waals surface area contributed by atoms with Crippen molar-refractivity contribution in [3.8, 4) is 0 Å². The average molecular weight is 187 g/mol. The van der Waals surface area contributed by atoms with E-state index in [2.05, 4.69) is 12.2 Å². The molecular weight excluding hydrogens is 166 g/mol. The lowest BCUT2D eigenvalue weighted by Crippen LogP contribution is -2.32. The van der Waals surface area contributed by atoms with E-state index in [-0.39, 0.29) is 6.10 Å². The van der Waals surface area contributed by atoms with Crippen LogP contribution in [0.25, 0.3) is 0 Å². The van der Waals surface area contributed by atoms with Crippen molar-refractivity contribution in [3.05, 3.63) is 0 Å². The summed E-state index contributed by atoms with van der Waals surface area (Å²) in [5.74, 6) is 1.10. The Hall–Kier alpha value is -0.120. The van der Waals surface area contributed by atoms with Gasteiger partial charge in [0.25, 0.3) is 0 Å². The lowest BCUT2D eigenvalue weighted by atomic mass is 10.2. The van der Waals surface area contributed by atoms with Gasteiger partial charge in [-0.05, 0) is 31.2 Å². The van der Waals surface area contributed by atoms with Crippen LogP contribution in [-0.2, 0) is 4.74 Å². The van der Waals surface area contributed by atoms with Crippen LogP contribution in [0.15, 0.2) is 0 Å². The van der Waals surface area contributed by atoms with E-state index >= 15 is 0 Å². The van der Waals surface area contributed by atoms with Gasteiger partial charge in [0.15, 0.2) is 0 Å². The maximum atomic E-state index is 9.54. The smallest absolute Gasteiger partial charge is 0.0692 e. The molecule has 2 unspecified atom stereocenters. The number of ether oxygens (including phenoxy) is 1. The molecule has 0 aromatic heterocycles. The quantitative estimate of drug-likeness (QED) is 0.614. The first kappa shape index (κ1) is 11.0. The minimum Gasteiger partial charge on any atom is -0.392 e. The summed E-state index contributed by atoms with van der Waals surface area (Å²) in [7, 11) is 1.72. The monoisotopic (exact) mass is 187 g/mol. The van der Waals surface area contributed by atoms with Crippen LogP contribution >= 0.6 is 0 Å². The van der Waals surface area contributed by atoms with Gasteiger partial charge in [0.2, 0.25) is 0 Å². The molecule has 1 saturated carbocycles. The Kier molecular flexibility index (Phi) is 4.70. The molecule has 0 aromatic carbocycles. The molecule has 0 spiro atoms. The van der Waals surface area contributed by atoms with Crippen LogP contribution in [0, 0.1) is 11.8 Å². The number of hydrogen-bond donors (Lipinski definition) is 2. The van der Waals surface area contributed by atoms with Crippen LogP contribution in [0.1, 0.15) is 19.8 Å². The van der Waals surface area contributed by atoms with Crippen molar-refractivity contribution >= 4 is 0 Å². The van der Waals surface area contributed by atoms with Gasteiger partial charge < -0.3 is 15.2 Å². The van der Waals surface area contributed by atoms with Gasteiger partial charge >= 0.3 is 0 Å². The van der Waals surface area contributed by atoms with Gasteiger partial charge in [0, 0.05) is 20.3 Å². The van der Waals surface area contributed by atoms with Gasteiger partial charge in [0.1, 0.15) is 0 Å². The number of hydrogen-bond acceptors (Lipinski definition) is 3. The molecule has 1 fully saturated rings. The van der Waals surface area contributed by atoms with Gasteiger partial charge in [0.05, 0.1) is 6.10 Å². The fraction of sp³-hybridized carbons (Fsp3) is 1.00. The molecule has 0 heterocycles. The summed E-state index contributed by atoms with van der Waals surface area (Å²) in [6, 6.07) is 0. The summed E-state index contributed by atoms with van der Waals surface area (Å²) in [5.41, 5.74) is 0. The third-order valence-corrected chi connectivity index (χ3v) is 2.46. The maximum Gasteiger partial charge on any atom is 0.0692 e. The minimum absolute atomic E-state index is 0.130. The molecular formula is C10H21NO2. The van der Waals surface area contributed by atoms with Crippen molar-refractivity contribution < 1.29 is 9.84 Å². The van der Waals surface area contributed by atoms with E-state index in [1.807, 2.05) is 0 Å².